The Morgan fingerprint density at radius 1 is 0.976 bits per heavy atom. The number of nitro benzene ring substituents is 1. The third-order valence-corrected chi connectivity index (χ3v) is 7.50. The highest BCUT2D eigenvalue weighted by Gasteiger charge is 2.36. The molecule has 10 heteroatoms. The van der Waals surface area contributed by atoms with E-state index in [0.29, 0.717) is 27.9 Å². The maximum Gasteiger partial charge on any atom is 0.274 e. The number of fused-ring (bicyclic) bond motifs is 1. The van der Waals surface area contributed by atoms with Gasteiger partial charge in [0.05, 0.1) is 22.2 Å². The first-order valence-corrected chi connectivity index (χ1v) is 13.4. The number of aromatic amines is 1. The van der Waals surface area contributed by atoms with Gasteiger partial charge >= 0.3 is 0 Å². The van der Waals surface area contributed by atoms with Gasteiger partial charge in [0.2, 0.25) is 0 Å². The van der Waals surface area contributed by atoms with Gasteiger partial charge in [-0.2, -0.15) is 5.10 Å². The van der Waals surface area contributed by atoms with Gasteiger partial charge in [-0.1, -0.05) is 58.4 Å². The smallest absolute Gasteiger partial charge is 0.274 e. The largest absolute Gasteiger partial charge is 0.321 e. The third-order valence-electron chi connectivity index (χ3n) is 7.00. The van der Waals surface area contributed by atoms with Gasteiger partial charge in [-0.25, -0.2) is 9.40 Å². The molecule has 0 unspecified atom stereocenters. The van der Waals surface area contributed by atoms with Crippen molar-refractivity contribution < 1.29 is 14.1 Å². The standard InChI is InChI=1S/C31H20BrFN4O4/c32-21-11-14-25-24(16-21)28(18-5-2-1-3-6-18)29(30(38)34-25)26-17-27(20-7-4-8-23(15-20)37(40)41)36(35-26)31(39)19-9-12-22(33)13-10-19/h1-16,27H,17H2,(H,34,38)/t27-/m0/s1. The fraction of sp³-hybridized carbons (Fsp3) is 0.0645. The molecule has 0 radical (unpaired) electrons. The number of pyridine rings is 1. The molecule has 1 amide bonds. The first-order valence-electron chi connectivity index (χ1n) is 12.6. The van der Waals surface area contributed by atoms with Crippen molar-refractivity contribution in [1.29, 1.82) is 0 Å². The third kappa shape index (κ3) is 4.93. The summed E-state index contributed by atoms with van der Waals surface area (Å²) in [4.78, 5) is 41.4. The molecule has 6 rings (SSSR count). The molecule has 0 fully saturated rings. The summed E-state index contributed by atoms with van der Waals surface area (Å²) in [7, 11) is 0. The number of nitrogens with zero attached hydrogens (tertiary/aromatic N) is 3. The second kappa shape index (κ2) is 10.5. The minimum atomic E-state index is -0.747. The fourth-order valence-electron chi connectivity index (χ4n) is 5.12. The molecule has 8 nitrogen and oxygen atoms in total. The molecule has 5 aromatic rings. The Morgan fingerprint density at radius 3 is 2.46 bits per heavy atom. The summed E-state index contributed by atoms with van der Waals surface area (Å²) in [6.07, 6.45) is 0.122. The number of non-ortho nitro benzene ring substituents is 1. The van der Waals surface area contributed by atoms with Crippen LogP contribution in [0, 0.1) is 15.9 Å². The molecular formula is C31H20BrFN4O4. The fourth-order valence-corrected chi connectivity index (χ4v) is 5.49. The van der Waals surface area contributed by atoms with Crippen LogP contribution in [0.4, 0.5) is 10.1 Å². The number of aromatic nitrogens is 1. The second-order valence-corrected chi connectivity index (χ2v) is 10.5. The highest BCUT2D eigenvalue weighted by Crippen LogP contribution is 2.38. The van der Waals surface area contributed by atoms with E-state index >= 15 is 0 Å². The number of nitro groups is 1. The number of amides is 1. The van der Waals surface area contributed by atoms with E-state index in [0.717, 1.165) is 15.4 Å². The number of H-pyrrole nitrogens is 1. The average Bonchev–Trinajstić information content (AvgIpc) is 3.42. The predicted octanol–water partition coefficient (Wildman–Crippen LogP) is 7.00. The van der Waals surface area contributed by atoms with Gasteiger partial charge in [0.1, 0.15) is 5.82 Å². The van der Waals surface area contributed by atoms with Gasteiger partial charge in [-0.3, -0.25) is 19.7 Å². The molecule has 2 heterocycles. The van der Waals surface area contributed by atoms with E-state index in [1.165, 1.54) is 41.4 Å². The maximum absolute atomic E-state index is 13.7. The maximum atomic E-state index is 13.7. The van der Waals surface area contributed by atoms with Gasteiger partial charge < -0.3 is 4.98 Å². The minimum absolute atomic E-state index is 0.122. The molecule has 0 saturated carbocycles. The zero-order chi connectivity index (χ0) is 28.7. The number of benzene rings is 4. The molecule has 0 aliphatic carbocycles. The van der Waals surface area contributed by atoms with E-state index in [1.807, 2.05) is 48.5 Å². The van der Waals surface area contributed by atoms with E-state index in [9.17, 15) is 24.1 Å². The quantitative estimate of drug-likeness (QED) is 0.171. The van der Waals surface area contributed by atoms with Crippen molar-refractivity contribution in [2.45, 2.75) is 12.5 Å². The van der Waals surface area contributed by atoms with Crippen LogP contribution < -0.4 is 5.56 Å². The first kappa shape index (κ1) is 26.3. The average molecular weight is 611 g/mol. The molecule has 1 aliphatic rings. The first-order chi connectivity index (χ1) is 19.8. The molecule has 202 valence electrons. The lowest BCUT2D eigenvalue weighted by molar-refractivity contribution is -0.384. The van der Waals surface area contributed by atoms with Crippen LogP contribution >= 0.6 is 15.9 Å². The van der Waals surface area contributed by atoms with Crippen LogP contribution in [0.5, 0.6) is 0 Å². The van der Waals surface area contributed by atoms with E-state index in [2.05, 4.69) is 26.0 Å². The van der Waals surface area contributed by atoms with Gasteiger partial charge in [0.25, 0.3) is 17.2 Å². The summed E-state index contributed by atoms with van der Waals surface area (Å²) in [5, 5.41) is 18.2. The van der Waals surface area contributed by atoms with Gasteiger partial charge in [-0.15, -0.1) is 0 Å². The van der Waals surface area contributed by atoms with Crippen LogP contribution in [0.1, 0.15) is 33.9 Å². The van der Waals surface area contributed by atoms with Crippen molar-refractivity contribution in [3.8, 4) is 11.1 Å². The lowest BCUT2D eigenvalue weighted by Crippen LogP contribution is -2.27. The predicted molar refractivity (Wildman–Crippen MR) is 157 cm³/mol. The number of rotatable bonds is 5. The van der Waals surface area contributed by atoms with Crippen LogP contribution in [0.3, 0.4) is 0 Å². The zero-order valence-corrected chi connectivity index (χ0v) is 22.8. The summed E-state index contributed by atoms with van der Waals surface area (Å²) in [5.74, 6) is -1.03. The van der Waals surface area contributed by atoms with E-state index in [-0.39, 0.29) is 23.2 Å². The van der Waals surface area contributed by atoms with Gasteiger partial charge in [-0.05, 0) is 53.6 Å². The van der Waals surface area contributed by atoms with Crippen molar-refractivity contribution in [2.75, 3.05) is 0 Å². The summed E-state index contributed by atoms with van der Waals surface area (Å²) in [6, 6.07) is 25.3. The Labute approximate surface area is 241 Å². The summed E-state index contributed by atoms with van der Waals surface area (Å²) < 4.78 is 14.4. The summed E-state index contributed by atoms with van der Waals surface area (Å²) >= 11 is 3.53. The molecule has 1 aliphatic heterocycles. The van der Waals surface area contributed by atoms with E-state index in [4.69, 9.17) is 0 Å². The molecule has 4 aromatic carbocycles. The lowest BCUT2D eigenvalue weighted by atomic mass is 9.91. The Hall–Kier alpha value is -4.96. The van der Waals surface area contributed by atoms with Crippen LogP contribution in [-0.2, 0) is 0 Å². The number of hydrazone groups is 1. The number of hydrogen-bond acceptors (Lipinski definition) is 5. The SMILES string of the molecule is O=C(c1ccc(F)cc1)N1N=C(c2c(-c3ccccc3)c3cc(Br)ccc3[nH]c2=O)C[C@H]1c1cccc([N+](=O)[O-])c1. The molecule has 1 N–H and O–H groups in total. The normalized spacial score (nSPS) is 14.7. The summed E-state index contributed by atoms with van der Waals surface area (Å²) in [5.41, 5.74) is 2.86. The van der Waals surface area contributed by atoms with Crippen LogP contribution in [0.2, 0.25) is 0 Å². The summed E-state index contributed by atoms with van der Waals surface area (Å²) in [6.45, 7) is 0. The number of nitrogens with one attached hydrogen (secondary N) is 1. The zero-order valence-electron chi connectivity index (χ0n) is 21.3. The lowest BCUT2D eigenvalue weighted by Gasteiger charge is -2.22. The Bertz CT molecular complexity index is 1920. The molecule has 0 spiro atoms. The molecule has 1 aromatic heterocycles. The minimum Gasteiger partial charge on any atom is -0.321 e. The van der Waals surface area contributed by atoms with Gasteiger partial charge in [0.15, 0.2) is 0 Å². The molecule has 1 atom stereocenters. The van der Waals surface area contributed by atoms with Crippen LogP contribution in [0.25, 0.3) is 22.0 Å². The van der Waals surface area contributed by atoms with Gasteiger partial charge in [0, 0.05) is 45.1 Å². The van der Waals surface area contributed by atoms with E-state index < -0.39 is 22.7 Å². The number of halogens is 2. The number of carbonyl (C=O) groups excluding carboxylic acids is 1. The van der Waals surface area contributed by atoms with Crippen LogP contribution in [0.15, 0.2) is 111 Å². The number of hydrogen-bond donors (Lipinski definition) is 1. The monoisotopic (exact) mass is 610 g/mol. The Morgan fingerprint density at radius 2 is 1.73 bits per heavy atom. The van der Waals surface area contributed by atoms with Crippen molar-refractivity contribution in [1.82, 2.24) is 9.99 Å². The highest BCUT2D eigenvalue weighted by atomic mass is 79.9. The molecular weight excluding hydrogens is 591 g/mol. The molecule has 0 bridgehead atoms. The van der Waals surface area contributed by atoms with Crippen molar-refractivity contribution in [2.24, 2.45) is 5.10 Å². The number of carbonyl (C=O) groups is 1. The molecule has 0 saturated heterocycles. The van der Waals surface area contributed by atoms with E-state index in [1.54, 1.807) is 12.1 Å². The van der Waals surface area contributed by atoms with Crippen molar-refractivity contribution in [3.63, 3.8) is 0 Å². The second-order valence-electron chi connectivity index (χ2n) is 9.54. The van der Waals surface area contributed by atoms with Crippen molar-refractivity contribution in [3.05, 3.63) is 145 Å². The highest BCUT2D eigenvalue weighted by molar-refractivity contribution is 9.10. The van der Waals surface area contributed by atoms with Crippen molar-refractivity contribution >= 4 is 44.1 Å². The Kier molecular flexibility index (Phi) is 6.76. The molecule has 41 heavy (non-hydrogen) atoms. The topological polar surface area (TPSA) is 109 Å². The van der Waals surface area contributed by atoms with Crippen LogP contribution in [-0.4, -0.2) is 26.5 Å². The Balaban J connectivity index is 1.57.